The first-order valence-corrected chi connectivity index (χ1v) is 9.93. The molecule has 1 amide bonds. The van der Waals surface area contributed by atoms with Crippen molar-refractivity contribution in [3.63, 3.8) is 0 Å². The lowest BCUT2D eigenvalue weighted by molar-refractivity contribution is -0.119. The van der Waals surface area contributed by atoms with Gasteiger partial charge in [-0.3, -0.25) is 14.5 Å². The van der Waals surface area contributed by atoms with E-state index in [0.29, 0.717) is 19.4 Å². The lowest BCUT2D eigenvalue weighted by atomic mass is 10.1. The molecule has 0 saturated heterocycles. The number of carbonyl (C=O) groups excluding carboxylic acids is 1. The number of carbonyl (C=O) groups is 1. The maximum atomic E-state index is 11.4. The van der Waals surface area contributed by atoms with Crippen LogP contribution in [0.1, 0.15) is 24.0 Å². The van der Waals surface area contributed by atoms with Crippen molar-refractivity contribution in [2.24, 2.45) is 0 Å². The number of ether oxygens (including phenoxy) is 1. The largest absolute Gasteiger partial charge is 0.493 e. The van der Waals surface area contributed by atoms with Crippen LogP contribution >= 0.6 is 0 Å². The van der Waals surface area contributed by atoms with Gasteiger partial charge in [0.15, 0.2) is 0 Å². The van der Waals surface area contributed by atoms with Crippen molar-refractivity contribution in [1.29, 1.82) is 0 Å². The third kappa shape index (κ3) is 7.80. The van der Waals surface area contributed by atoms with Crippen LogP contribution in [0.25, 0.3) is 0 Å². The van der Waals surface area contributed by atoms with E-state index in [2.05, 4.69) is 4.98 Å². The van der Waals surface area contributed by atoms with Gasteiger partial charge in [-0.05, 0) is 48.2 Å². The third-order valence-electron chi connectivity index (χ3n) is 3.50. The van der Waals surface area contributed by atoms with Crippen LogP contribution in [0.5, 0.6) is 5.75 Å². The number of hydrogen-bond donors (Lipinski definition) is 1. The second kappa shape index (κ2) is 9.17. The molecule has 0 spiro atoms. The van der Waals surface area contributed by atoms with Gasteiger partial charge in [-0.2, -0.15) is 0 Å². The normalized spacial score (nSPS) is 11.1. The van der Waals surface area contributed by atoms with Gasteiger partial charge in [-0.15, -0.1) is 0 Å². The van der Waals surface area contributed by atoms with E-state index in [1.165, 1.54) is 5.56 Å². The highest BCUT2D eigenvalue weighted by Crippen LogP contribution is 2.14. The van der Waals surface area contributed by atoms with Crippen LogP contribution < -0.4 is 9.46 Å². The van der Waals surface area contributed by atoms with Crippen molar-refractivity contribution in [2.75, 3.05) is 12.9 Å². The van der Waals surface area contributed by atoms with E-state index in [-0.39, 0.29) is 6.42 Å². The summed E-state index contributed by atoms with van der Waals surface area (Å²) < 4.78 is 29.6. The molecule has 0 bridgehead atoms. The molecule has 0 aliphatic rings. The van der Waals surface area contributed by atoms with Crippen molar-refractivity contribution >= 4 is 15.9 Å². The second-order valence-electron chi connectivity index (χ2n) is 5.75. The minimum absolute atomic E-state index is 0.178. The molecule has 0 aliphatic heterocycles. The molecule has 0 unspecified atom stereocenters. The first kappa shape index (κ1) is 18.9. The minimum atomic E-state index is -3.47. The van der Waals surface area contributed by atoms with Crippen LogP contribution in [0, 0.1) is 0 Å². The SMILES string of the molecule is CS(=O)(=O)NC(=O)CCCc1ccc(OCCc2ccncc2)cc1. The molecular formula is C18H22N2O4S. The number of pyridine rings is 1. The molecule has 1 N–H and O–H groups in total. The third-order valence-corrected chi connectivity index (χ3v) is 4.10. The summed E-state index contributed by atoms with van der Waals surface area (Å²) >= 11 is 0. The predicted octanol–water partition coefficient (Wildman–Crippen LogP) is 2.10. The van der Waals surface area contributed by atoms with E-state index in [1.807, 2.05) is 41.1 Å². The molecule has 0 radical (unpaired) electrons. The second-order valence-corrected chi connectivity index (χ2v) is 7.50. The van der Waals surface area contributed by atoms with Gasteiger partial charge in [-0.25, -0.2) is 8.42 Å². The molecule has 1 aromatic heterocycles. The molecule has 2 aromatic rings. The Balaban J connectivity index is 1.70. The molecule has 25 heavy (non-hydrogen) atoms. The van der Waals surface area contributed by atoms with Gasteiger partial charge in [0.05, 0.1) is 12.9 Å². The number of amides is 1. The van der Waals surface area contributed by atoms with Gasteiger partial charge >= 0.3 is 0 Å². The van der Waals surface area contributed by atoms with E-state index in [9.17, 15) is 13.2 Å². The van der Waals surface area contributed by atoms with Crippen molar-refractivity contribution in [1.82, 2.24) is 9.71 Å². The molecule has 7 heteroatoms. The zero-order valence-corrected chi connectivity index (χ0v) is 15.0. The molecule has 0 fully saturated rings. The number of rotatable bonds is 9. The Hall–Kier alpha value is -2.41. The zero-order chi connectivity index (χ0) is 18.1. The summed E-state index contributed by atoms with van der Waals surface area (Å²) in [6.45, 7) is 0.592. The highest BCUT2D eigenvalue weighted by molar-refractivity contribution is 7.89. The molecule has 134 valence electrons. The molecular weight excluding hydrogens is 340 g/mol. The Labute approximate surface area is 148 Å². The van der Waals surface area contributed by atoms with Gasteiger partial charge in [0.1, 0.15) is 5.75 Å². The highest BCUT2D eigenvalue weighted by Gasteiger charge is 2.07. The summed E-state index contributed by atoms with van der Waals surface area (Å²) in [6, 6.07) is 11.6. The van der Waals surface area contributed by atoms with Crippen molar-refractivity contribution in [3.8, 4) is 5.75 Å². The Morgan fingerprint density at radius 3 is 2.32 bits per heavy atom. The topological polar surface area (TPSA) is 85.4 Å². The lowest BCUT2D eigenvalue weighted by Gasteiger charge is -2.07. The number of benzene rings is 1. The first-order valence-electron chi connectivity index (χ1n) is 8.04. The Morgan fingerprint density at radius 1 is 1.04 bits per heavy atom. The first-order chi connectivity index (χ1) is 11.9. The van der Waals surface area contributed by atoms with Gasteiger partial charge in [0, 0.05) is 25.2 Å². The smallest absolute Gasteiger partial charge is 0.233 e. The standard InChI is InChI=1S/C18H22N2O4S/c1-25(22,23)20-18(21)4-2-3-15-5-7-17(8-6-15)24-14-11-16-9-12-19-13-10-16/h5-10,12-13H,2-4,11,14H2,1H3,(H,20,21). The van der Waals surface area contributed by atoms with Gasteiger partial charge in [0.2, 0.25) is 15.9 Å². The number of nitrogens with one attached hydrogen (secondary N) is 1. The van der Waals surface area contributed by atoms with Crippen LogP contribution in [0.4, 0.5) is 0 Å². The summed E-state index contributed by atoms with van der Waals surface area (Å²) in [7, 11) is -3.47. The van der Waals surface area contributed by atoms with Crippen LogP contribution in [0.2, 0.25) is 0 Å². The van der Waals surface area contributed by atoms with E-state index >= 15 is 0 Å². The Morgan fingerprint density at radius 2 is 1.68 bits per heavy atom. The average Bonchev–Trinajstić information content (AvgIpc) is 2.56. The molecule has 0 saturated carbocycles. The van der Waals surface area contributed by atoms with E-state index < -0.39 is 15.9 Å². The fraction of sp³-hybridized carbons (Fsp3) is 0.333. The summed E-state index contributed by atoms with van der Waals surface area (Å²) in [5.41, 5.74) is 2.26. The fourth-order valence-electron chi connectivity index (χ4n) is 2.30. The molecule has 0 atom stereocenters. The maximum absolute atomic E-state index is 11.4. The summed E-state index contributed by atoms with van der Waals surface area (Å²) in [4.78, 5) is 15.4. The Bertz CT molecular complexity index is 774. The quantitative estimate of drug-likeness (QED) is 0.738. The number of aromatic nitrogens is 1. The molecule has 6 nitrogen and oxygen atoms in total. The predicted molar refractivity (Wildman–Crippen MR) is 95.8 cm³/mol. The molecule has 2 rings (SSSR count). The molecule has 0 aliphatic carbocycles. The summed E-state index contributed by atoms with van der Waals surface area (Å²) in [5, 5.41) is 0. The van der Waals surface area contributed by atoms with Gasteiger partial charge in [-0.1, -0.05) is 12.1 Å². The van der Waals surface area contributed by atoms with E-state index in [1.54, 1.807) is 12.4 Å². The van der Waals surface area contributed by atoms with Crippen molar-refractivity contribution in [3.05, 3.63) is 59.9 Å². The van der Waals surface area contributed by atoms with Gasteiger partial charge in [0.25, 0.3) is 0 Å². The maximum Gasteiger partial charge on any atom is 0.233 e. The summed E-state index contributed by atoms with van der Waals surface area (Å²) in [6.07, 6.45) is 6.79. The fourth-order valence-corrected chi connectivity index (χ4v) is 2.82. The summed E-state index contributed by atoms with van der Waals surface area (Å²) in [5.74, 6) is 0.325. The van der Waals surface area contributed by atoms with Crippen LogP contribution in [0.15, 0.2) is 48.8 Å². The molecule has 1 aromatic carbocycles. The van der Waals surface area contributed by atoms with E-state index in [4.69, 9.17) is 4.74 Å². The highest BCUT2D eigenvalue weighted by atomic mass is 32.2. The molecule has 1 heterocycles. The average molecular weight is 362 g/mol. The number of nitrogens with zero attached hydrogens (tertiary/aromatic N) is 1. The van der Waals surface area contributed by atoms with Crippen molar-refractivity contribution < 1.29 is 17.9 Å². The van der Waals surface area contributed by atoms with Crippen LogP contribution in [0.3, 0.4) is 0 Å². The Kier molecular flexibility index (Phi) is 6.94. The number of hydrogen-bond acceptors (Lipinski definition) is 5. The van der Waals surface area contributed by atoms with Gasteiger partial charge < -0.3 is 4.74 Å². The lowest BCUT2D eigenvalue weighted by Crippen LogP contribution is -2.29. The van der Waals surface area contributed by atoms with Crippen LogP contribution in [-0.2, 0) is 27.7 Å². The van der Waals surface area contributed by atoms with Crippen molar-refractivity contribution in [2.45, 2.75) is 25.7 Å². The number of sulfonamides is 1. The number of aryl methyl sites for hydroxylation is 1. The minimum Gasteiger partial charge on any atom is -0.493 e. The van der Waals surface area contributed by atoms with E-state index in [0.717, 1.165) is 24.0 Å². The van der Waals surface area contributed by atoms with Crippen LogP contribution in [-0.4, -0.2) is 32.2 Å². The monoisotopic (exact) mass is 362 g/mol. The zero-order valence-electron chi connectivity index (χ0n) is 14.1.